The standard InChI is InChI=1S/C12H15N3S/c1-12(2,3)16-10-8-6-4-5-7-9(8)14-11(13)15-10/h4-7H,1-3H3,(H2,13,14,15). The van der Waals surface area contributed by atoms with Crippen molar-refractivity contribution in [3.63, 3.8) is 0 Å². The van der Waals surface area contributed by atoms with Crippen LogP contribution in [-0.4, -0.2) is 14.7 Å². The van der Waals surface area contributed by atoms with E-state index in [1.807, 2.05) is 24.3 Å². The fourth-order valence-corrected chi connectivity index (χ4v) is 2.43. The lowest BCUT2D eigenvalue weighted by atomic mass is 10.2. The molecule has 0 radical (unpaired) electrons. The molecule has 2 rings (SSSR count). The van der Waals surface area contributed by atoms with E-state index in [1.54, 1.807) is 11.8 Å². The largest absolute Gasteiger partial charge is 0.368 e. The van der Waals surface area contributed by atoms with Crippen molar-refractivity contribution in [3.8, 4) is 0 Å². The molecular weight excluding hydrogens is 218 g/mol. The number of nitrogens with zero attached hydrogens (tertiary/aromatic N) is 2. The Hall–Kier alpha value is -1.29. The molecule has 1 aromatic carbocycles. The summed E-state index contributed by atoms with van der Waals surface area (Å²) in [5.41, 5.74) is 6.61. The van der Waals surface area contributed by atoms with Crippen molar-refractivity contribution in [1.82, 2.24) is 9.97 Å². The third kappa shape index (κ3) is 2.44. The van der Waals surface area contributed by atoms with Crippen LogP contribution >= 0.6 is 11.8 Å². The molecule has 0 aliphatic heterocycles. The van der Waals surface area contributed by atoms with Crippen LogP contribution in [0.25, 0.3) is 10.9 Å². The van der Waals surface area contributed by atoms with Crippen LogP contribution in [-0.2, 0) is 0 Å². The predicted octanol–water partition coefficient (Wildman–Crippen LogP) is 3.10. The van der Waals surface area contributed by atoms with Crippen molar-refractivity contribution in [2.24, 2.45) is 0 Å². The maximum absolute atomic E-state index is 5.71. The fourth-order valence-electron chi connectivity index (χ4n) is 1.43. The van der Waals surface area contributed by atoms with E-state index < -0.39 is 0 Å². The second kappa shape index (κ2) is 3.94. The topological polar surface area (TPSA) is 51.8 Å². The summed E-state index contributed by atoms with van der Waals surface area (Å²) in [5, 5.41) is 2.02. The summed E-state index contributed by atoms with van der Waals surface area (Å²) >= 11 is 1.71. The number of rotatable bonds is 1. The number of aromatic nitrogens is 2. The molecule has 1 heterocycles. The second-order valence-electron chi connectivity index (χ2n) is 4.62. The van der Waals surface area contributed by atoms with Crippen molar-refractivity contribution >= 4 is 28.6 Å². The lowest BCUT2D eigenvalue weighted by Gasteiger charge is -2.17. The highest BCUT2D eigenvalue weighted by molar-refractivity contribution is 8.00. The van der Waals surface area contributed by atoms with Gasteiger partial charge in [0.15, 0.2) is 0 Å². The van der Waals surface area contributed by atoms with Crippen LogP contribution in [0.4, 0.5) is 5.95 Å². The minimum atomic E-state index is 0.115. The molecule has 0 saturated heterocycles. The average Bonchev–Trinajstić information content (AvgIpc) is 2.14. The quantitative estimate of drug-likeness (QED) is 0.607. The van der Waals surface area contributed by atoms with Gasteiger partial charge >= 0.3 is 0 Å². The van der Waals surface area contributed by atoms with Crippen molar-refractivity contribution in [3.05, 3.63) is 24.3 Å². The van der Waals surface area contributed by atoms with Gasteiger partial charge in [-0.15, -0.1) is 0 Å². The molecule has 3 nitrogen and oxygen atoms in total. The number of nitrogen functional groups attached to an aromatic ring is 1. The third-order valence-corrected chi connectivity index (χ3v) is 3.11. The van der Waals surface area contributed by atoms with Gasteiger partial charge in [0.05, 0.1) is 5.52 Å². The summed E-state index contributed by atoms with van der Waals surface area (Å²) in [6.45, 7) is 6.47. The summed E-state index contributed by atoms with van der Waals surface area (Å²) in [6, 6.07) is 7.94. The third-order valence-electron chi connectivity index (χ3n) is 1.99. The number of fused-ring (bicyclic) bond motifs is 1. The van der Waals surface area contributed by atoms with Crippen molar-refractivity contribution in [1.29, 1.82) is 0 Å². The van der Waals surface area contributed by atoms with E-state index in [4.69, 9.17) is 5.73 Å². The molecule has 0 spiro atoms. The molecule has 0 atom stereocenters. The van der Waals surface area contributed by atoms with Gasteiger partial charge in [-0.3, -0.25) is 0 Å². The highest BCUT2D eigenvalue weighted by Crippen LogP contribution is 2.34. The zero-order valence-electron chi connectivity index (χ0n) is 9.69. The summed E-state index contributed by atoms with van der Waals surface area (Å²) < 4.78 is 0.115. The summed E-state index contributed by atoms with van der Waals surface area (Å²) in [6.07, 6.45) is 0. The first-order chi connectivity index (χ1) is 7.46. The summed E-state index contributed by atoms with van der Waals surface area (Å²) in [7, 11) is 0. The van der Waals surface area contributed by atoms with Gasteiger partial charge in [0, 0.05) is 10.1 Å². The number of benzene rings is 1. The smallest absolute Gasteiger partial charge is 0.221 e. The highest BCUT2D eigenvalue weighted by Gasteiger charge is 2.16. The Morgan fingerprint density at radius 1 is 1.12 bits per heavy atom. The normalized spacial score (nSPS) is 11.9. The zero-order valence-corrected chi connectivity index (χ0v) is 10.5. The first-order valence-electron chi connectivity index (χ1n) is 5.17. The maximum atomic E-state index is 5.71. The average molecular weight is 233 g/mol. The van der Waals surface area contributed by atoms with E-state index in [9.17, 15) is 0 Å². The van der Waals surface area contributed by atoms with Crippen LogP contribution in [0.5, 0.6) is 0 Å². The molecule has 0 unspecified atom stereocenters. The van der Waals surface area contributed by atoms with Gasteiger partial charge in [-0.25, -0.2) is 9.97 Å². The van der Waals surface area contributed by atoms with Crippen LogP contribution in [0.2, 0.25) is 0 Å². The van der Waals surface area contributed by atoms with E-state index in [1.165, 1.54) is 0 Å². The molecule has 0 fully saturated rings. The lowest BCUT2D eigenvalue weighted by molar-refractivity contribution is 0.800. The van der Waals surface area contributed by atoms with E-state index in [0.717, 1.165) is 15.9 Å². The summed E-state index contributed by atoms with van der Waals surface area (Å²) in [4.78, 5) is 8.54. The van der Waals surface area contributed by atoms with Gasteiger partial charge in [-0.05, 0) is 6.07 Å². The molecule has 0 amide bonds. The number of anilines is 1. The predicted molar refractivity (Wildman–Crippen MR) is 69.6 cm³/mol. The Labute approximate surface area is 99.5 Å². The molecule has 2 aromatic rings. The Bertz CT molecular complexity index is 517. The minimum Gasteiger partial charge on any atom is -0.368 e. The van der Waals surface area contributed by atoms with Gasteiger partial charge in [0.1, 0.15) is 5.03 Å². The molecule has 1 aromatic heterocycles. The minimum absolute atomic E-state index is 0.115. The van der Waals surface area contributed by atoms with Gasteiger partial charge in [-0.2, -0.15) is 0 Å². The molecule has 4 heteroatoms. The molecule has 0 aliphatic carbocycles. The number of nitrogens with two attached hydrogens (primary N) is 1. The van der Waals surface area contributed by atoms with E-state index >= 15 is 0 Å². The van der Waals surface area contributed by atoms with Crippen LogP contribution in [0.1, 0.15) is 20.8 Å². The number of hydrogen-bond acceptors (Lipinski definition) is 4. The van der Waals surface area contributed by atoms with Crippen LogP contribution in [0.15, 0.2) is 29.3 Å². The fraction of sp³-hybridized carbons (Fsp3) is 0.333. The molecule has 2 N–H and O–H groups in total. The maximum Gasteiger partial charge on any atom is 0.221 e. The molecule has 0 aliphatic rings. The molecule has 0 bridgehead atoms. The van der Waals surface area contributed by atoms with E-state index in [0.29, 0.717) is 5.95 Å². The Morgan fingerprint density at radius 3 is 2.50 bits per heavy atom. The molecular formula is C12H15N3S. The second-order valence-corrected chi connectivity index (χ2v) is 6.43. The van der Waals surface area contributed by atoms with Gasteiger partial charge in [0.2, 0.25) is 5.95 Å². The van der Waals surface area contributed by atoms with E-state index in [2.05, 4.69) is 30.7 Å². The highest BCUT2D eigenvalue weighted by atomic mass is 32.2. The lowest BCUT2D eigenvalue weighted by Crippen LogP contribution is -2.08. The molecule has 0 saturated carbocycles. The monoisotopic (exact) mass is 233 g/mol. The van der Waals surface area contributed by atoms with Crippen molar-refractivity contribution in [2.75, 3.05) is 5.73 Å². The Balaban J connectivity index is 2.59. The SMILES string of the molecule is CC(C)(C)Sc1nc(N)nc2ccccc12. The Morgan fingerprint density at radius 2 is 1.81 bits per heavy atom. The van der Waals surface area contributed by atoms with Crippen LogP contribution in [0.3, 0.4) is 0 Å². The van der Waals surface area contributed by atoms with Gasteiger partial charge < -0.3 is 5.73 Å². The van der Waals surface area contributed by atoms with Crippen molar-refractivity contribution < 1.29 is 0 Å². The first-order valence-corrected chi connectivity index (χ1v) is 5.99. The van der Waals surface area contributed by atoms with Crippen LogP contribution < -0.4 is 5.73 Å². The number of para-hydroxylation sites is 1. The van der Waals surface area contributed by atoms with Crippen molar-refractivity contribution in [2.45, 2.75) is 30.5 Å². The number of hydrogen-bond donors (Lipinski definition) is 1. The number of thioether (sulfide) groups is 1. The zero-order chi connectivity index (χ0) is 11.8. The molecule has 84 valence electrons. The first kappa shape index (κ1) is 11.2. The van der Waals surface area contributed by atoms with Gasteiger partial charge in [-0.1, -0.05) is 50.7 Å². The summed E-state index contributed by atoms with van der Waals surface area (Å²) in [5.74, 6) is 0.338. The van der Waals surface area contributed by atoms with E-state index in [-0.39, 0.29) is 4.75 Å². The molecule has 16 heavy (non-hydrogen) atoms. The van der Waals surface area contributed by atoms with Crippen LogP contribution in [0, 0.1) is 0 Å². The van der Waals surface area contributed by atoms with Gasteiger partial charge in [0.25, 0.3) is 0 Å². The Kier molecular flexibility index (Phi) is 2.76.